The van der Waals surface area contributed by atoms with Gasteiger partial charge in [-0.05, 0) is 55.3 Å². The quantitative estimate of drug-likeness (QED) is 0.244. The Kier molecular flexibility index (Phi) is 11.5. The Bertz CT molecular complexity index is 1320. The molecule has 4 rings (SSSR count). The van der Waals surface area contributed by atoms with Crippen LogP contribution in [-0.4, -0.2) is 93.3 Å². The van der Waals surface area contributed by atoms with Crippen LogP contribution in [0.25, 0.3) is 0 Å². The van der Waals surface area contributed by atoms with Crippen LogP contribution >= 0.6 is 22.9 Å². The molecule has 3 aromatic rings. The van der Waals surface area contributed by atoms with Gasteiger partial charge >= 0.3 is 5.97 Å². The fourth-order valence-corrected chi connectivity index (χ4v) is 5.75. The fraction of sp³-hybridized carbons (Fsp3) is 0.433. The lowest BCUT2D eigenvalue weighted by atomic mass is 10.0. The Morgan fingerprint density at radius 1 is 1.12 bits per heavy atom. The van der Waals surface area contributed by atoms with Crippen LogP contribution in [0.3, 0.4) is 0 Å². The van der Waals surface area contributed by atoms with E-state index in [0.717, 1.165) is 10.4 Å². The van der Waals surface area contributed by atoms with Crippen molar-refractivity contribution in [3.8, 4) is 0 Å². The maximum Gasteiger partial charge on any atom is 0.325 e. The highest BCUT2D eigenvalue weighted by Crippen LogP contribution is 2.20. The maximum atomic E-state index is 13.8. The smallest absolute Gasteiger partial charge is 0.325 e. The van der Waals surface area contributed by atoms with E-state index in [9.17, 15) is 19.2 Å². The van der Waals surface area contributed by atoms with Crippen molar-refractivity contribution in [2.45, 2.75) is 45.2 Å². The largest absolute Gasteiger partial charge is 0.465 e. The zero-order chi connectivity index (χ0) is 29.9. The molecule has 0 N–H and O–H groups in total. The summed E-state index contributed by atoms with van der Waals surface area (Å²) in [4.78, 5) is 62.9. The molecular weight excluding hydrogens is 578 g/mol. The maximum absolute atomic E-state index is 13.8. The number of nitrogens with zero attached hydrogens (tertiary/aromatic N) is 5. The van der Waals surface area contributed by atoms with E-state index in [-0.39, 0.29) is 43.8 Å². The molecule has 0 bridgehead atoms. The molecule has 1 saturated heterocycles. The zero-order valence-corrected chi connectivity index (χ0v) is 25.3. The fourth-order valence-electron chi connectivity index (χ4n) is 4.93. The van der Waals surface area contributed by atoms with E-state index in [1.54, 1.807) is 42.9 Å². The standard InChI is InChI=1S/C30H36ClN5O5S/c1-2-41-29(39)21-34(14-4-13-33-17-12-32-22-33)27(37)19-26-30(40)35(15-10-23-6-8-24(31)9-7-23)20-28(38)36(26)16-11-25-5-3-18-42-25/h3,5-9,12,17-18,22,26H,2,4,10-11,13-16,19-21H2,1H3. The van der Waals surface area contributed by atoms with Gasteiger partial charge in [0.25, 0.3) is 0 Å². The number of carbonyl (C=O) groups excluding carboxylic acids is 4. The molecule has 1 atom stereocenters. The van der Waals surface area contributed by atoms with E-state index in [2.05, 4.69) is 4.98 Å². The lowest BCUT2D eigenvalue weighted by molar-refractivity contribution is -0.158. The number of amides is 3. The van der Waals surface area contributed by atoms with Crippen LogP contribution in [0.5, 0.6) is 0 Å². The highest BCUT2D eigenvalue weighted by atomic mass is 35.5. The topological polar surface area (TPSA) is 105 Å². The molecule has 1 aliphatic heterocycles. The number of carbonyl (C=O) groups is 4. The Balaban J connectivity index is 1.48. The number of aromatic nitrogens is 2. The van der Waals surface area contributed by atoms with E-state index in [0.29, 0.717) is 50.5 Å². The Morgan fingerprint density at radius 2 is 1.93 bits per heavy atom. The minimum atomic E-state index is -0.956. The lowest BCUT2D eigenvalue weighted by Crippen LogP contribution is -2.61. The van der Waals surface area contributed by atoms with Gasteiger partial charge in [0.1, 0.15) is 12.6 Å². The summed E-state index contributed by atoms with van der Waals surface area (Å²) in [5, 5.41) is 2.59. The SMILES string of the molecule is CCOC(=O)CN(CCCn1ccnc1)C(=O)CC1C(=O)N(CCc2ccc(Cl)cc2)CC(=O)N1CCc1cccs1. The van der Waals surface area contributed by atoms with Crippen molar-refractivity contribution in [2.24, 2.45) is 0 Å². The second-order valence-corrected chi connectivity index (χ2v) is 11.5. The van der Waals surface area contributed by atoms with Crippen LogP contribution < -0.4 is 0 Å². The predicted molar refractivity (Wildman–Crippen MR) is 160 cm³/mol. The summed E-state index contributed by atoms with van der Waals surface area (Å²) in [7, 11) is 0. The normalized spacial score (nSPS) is 15.2. The number of piperazine rings is 1. The molecule has 10 nitrogen and oxygen atoms in total. The third-order valence-electron chi connectivity index (χ3n) is 7.13. The summed E-state index contributed by atoms with van der Waals surface area (Å²) >= 11 is 7.59. The number of halogens is 1. The third-order valence-corrected chi connectivity index (χ3v) is 8.32. The summed E-state index contributed by atoms with van der Waals surface area (Å²) < 4.78 is 7.00. The Labute approximate surface area is 254 Å². The first-order valence-corrected chi connectivity index (χ1v) is 15.3. The zero-order valence-electron chi connectivity index (χ0n) is 23.7. The van der Waals surface area contributed by atoms with Gasteiger partial charge in [0.05, 0.1) is 25.9 Å². The second-order valence-electron chi connectivity index (χ2n) is 10.0. The van der Waals surface area contributed by atoms with Gasteiger partial charge in [0, 0.05) is 48.5 Å². The van der Waals surface area contributed by atoms with Gasteiger partial charge in [-0.1, -0.05) is 29.8 Å². The van der Waals surface area contributed by atoms with Gasteiger partial charge < -0.3 is 24.0 Å². The highest BCUT2D eigenvalue weighted by molar-refractivity contribution is 7.09. The summed E-state index contributed by atoms with van der Waals surface area (Å²) in [5.41, 5.74) is 0.992. The average molecular weight is 614 g/mol. The summed E-state index contributed by atoms with van der Waals surface area (Å²) in [5.74, 6) is -1.35. The molecule has 0 spiro atoms. The molecule has 1 aromatic carbocycles. The third kappa shape index (κ3) is 8.90. The van der Waals surface area contributed by atoms with Crippen molar-refractivity contribution in [3.63, 3.8) is 0 Å². The van der Waals surface area contributed by atoms with Gasteiger partial charge in [-0.15, -0.1) is 11.3 Å². The number of thiophene rings is 1. The van der Waals surface area contributed by atoms with Crippen LogP contribution in [0.1, 0.15) is 30.2 Å². The van der Waals surface area contributed by atoms with E-state index in [1.165, 1.54) is 14.7 Å². The van der Waals surface area contributed by atoms with Crippen LogP contribution in [0.4, 0.5) is 0 Å². The number of imidazole rings is 1. The molecule has 1 aliphatic rings. The number of hydrogen-bond acceptors (Lipinski definition) is 7. The number of esters is 1. The molecule has 2 aromatic heterocycles. The van der Waals surface area contributed by atoms with E-state index < -0.39 is 12.0 Å². The van der Waals surface area contributed by atoms with Crippen LogP contribution in [0.15, 0.2) is 60.5 Å². The predicted octanol–water partition coefficient (Wildman–Crippen LogP) is 3.29. The molecule has 224 valence electrons. The minimum Gasteiger partial charge on any atom is -0.465 e. The molecule has 0 aliphatic carbocycles. The van der Waals surface area contributed by atoms with Crippen molar-refractivity contribution in [3.05, 3.63) is 76.0 Å². The van der Waals surface area contributed by atoms with E-state index in [1.807, 2.05) is 40.4 Å². The summed E-state index contributed by atoms with van der Waals surface area (Å²) in [6.07, 6.45) is 6.70. The molecule has 12 heteroatoms. The van der Waals surface area contributed by atoms with Crippen LogP contribution in [0.2, 0.25) is 5.02 Å². The number of benzene rings is 1. The summed E-state index contributed by atoms with van der Waals surface area (Å²) in [6, 6.07) is 10.3. The van der Waals surface area contributed by atoms with Gasteiger partial charge in [-0.25, -0.2) is 4.98 Å². The van der Waals surface area contributed by atoms with Crippen molar-refractivity contribution < 1.29 is 23.9 Å². The number of hydrogen-bond donors (Lipinski definition) is 0. The molecule has 42 heavy (non-hydrogen) atoms. The molecular formula is C30H36ClN5O5S. The van der Waals surface area contributed by atoms with Gasteiger partial charge in [0.15, 0.2) is 0 Å². The molecule has 0 radical (unpaired) electrons. The molecule has 3 amide bonds. The van der Waals surface area contributed by atoms with E-state index in [4.69, 9.17) is 16.3 Å². The van der Waals surface area contributed by atoms with Crippen molar-refractivity contribution >= 4 is 46.6 Å². The number of ether oxygens (including phenoxy) is 1. The summed E-state index contributed by atoms with van der Waals surface area (Å²) in [6.45, 7) is 3.21. The second kappa shape index (κ2) is 15.5. The van der Waals surface area contributed by atoms with Crippen molar-refractivity contribution in [1.82, 2.24) is 24.3 Å². The Hall–Kier alpha value is -3.70. The molecule has 1 unspecified atom stereocenters. The highest BCUT2D eigenvalue weighted by Gasteiger charge is 2.41. The van der Waals surface area contributed by atoms with Crippen molar-refractivity contribution in [1.29, 1.82) is 0 Å². The lowest BCUT2D eigenvalue weighted by Gasteiger charge is -2.40. The van der Waals surface area contributed by atoms with Crippen LogP contribution in [0, 0.1) is 0 Å². The van der Waals surface area contributed by atoms with Gasteiger partial charge in [-0.2, -0.15) is 0 Å². The number of aryl methyl sites for hydroxylation is 1. The first kappa shape index (κ1) is 31.2. The van der Waals surface area contributed by atoms with Crippen molar-refractivity contribution in [2.75, 3.05) is 39.3 Å². The van der Waals surface area contributed by atoms with E-state index >= 15 is 0 Å². The van der Waals surface area contributed by atoms with Gasteiger partial charge in [-0.3, -0.25) is 19.2 Å². The van der Waals surface area contributed by atoms with Gasteiger partial charge in [0.2, 0.25) is 17.7 Å². The van der Waals surface area contributed by atoms with Crippen LogP contribution in [-0.2, 0) is 43.3 Å². The minimum absolute atomic E-state index is 0.0427. The average Bonchev–Trinajstić information content (AvgIpc) is 3.69. The molecule has 3 heterocycles. The molecule has 0 saturated carbocycles. The number of rotatable bonds is 15. The first-order chi connectivity index (χ1) is 20.3. The molecule has 1 fully saturated rings. The first-order valence-electron chi connectivity index (χ1n) is 14.1. The monoisotopic (exact) mass is 613 g/mol. The Morgan fingerprint density at radius 3 is 2.62 bits per heavy atom.